The minimum absolute atomic E-state index is 0.156. The molecule has 0 aliphatic carbocycles. The second-order valence-electron chi connectivity index (χ2n) is 4.56. The topological polar surface area (TPSA) is 96.3 Å². The number of pyridine rings is 1. The molecule has 7 heteroatoms. The molecule has 102 valence electrons. The van der Waals surface area contributed by atoms with Crippen molar-refractivity contribution in [2.45, 2.75) is 25.7 Å². The summed E-state index contributed by atoms with van der Waals surface area (Å²) in [6.45, 7) is 1.20. The zero-order valence-electron chi connectivity index (χ0n) is 10.4. The van der Waals surface area contributed by atoms with Gasteiger partial charge in [-0.3, -0.25) is 19.7 Å². The minimum Gasteiger partial charge on any atom is -0.338 e. The van der Waals surface area contributed by atoms with Crippen LogP contribution in [0.3, 0.4) is 0 Å². The number of amides is 1. The maximum absolute atomic E-state index is 12.2. The minimum atomic E-state index is -0.630. The molecular formula is C12H15N3O4. The predicted molar refractivity (Wildman–Crippen MR) is 68.1 cm³/mol. The highest BCUT2D eigenvalue weighted by molar-refractivity contribution is 5.94. The first kappa shape index (κ1) is 13.3. The Morgan fingerprint density at radius 3 is 2.47 bits per heavy atom. The highest BCUT2D eigenvalue weighted by Gasteiger charge is 2.22. The van der Waals surface area contributed by atoms with Gasteiger partial charge >= 0.3 is 0 Å². The number of aromatic nitrogens is 1. The third-order valence-corrected chi connectivity index (χ3v) is 3.22. The van der Waals surface area contributed by atoms with E-state index in [-0.39, 0.29) is 11.3 Å². The molecule has 0 atom stereocenters. The van der Waals surface area contributed by atoms with Crippen LogP contribution in [0.5, 0.6) is 0 Å². The Morgan fingerprint density at radius 1 is 1.26 bits per heavy atom. The lowest BCUT2D eigenvalue weighted by molar-refractivity contribution is -0.385. The molecule has 1 fully saturated rings. The van der Waals surface area contributed by atoms with Gasteiger partial charge in [0, 0.05) is 19.2 Å². The van der Waals surface area contributed by atoms with Crippen molar-refractivity contribution in [1.29, 1.82) is 0 Å². The van der Waals surface area contributed by atoms with E-state index in [4.69, 9.17) is 0 Å². The van der Waals surface area contributed by atoms with Gasteiger partial charge in [0.15, 0.2) is 0 Å². The first-order chi connectivity index (χ1) is 9.09. The third-order valence-electron chi connectivity index (χ3n) is 3.22. The van der Waals surface area contributed by atoms with Gasteiger partial charge < -0.3 is 9.88 Å². The molecule has 7 nitrogen and oxygen atoms in total. The average Bonchev–Trinajstić information content (AvgIpc) is 2.67. The molecule has 0 bridgehead atoms. The summed E-state index contributed by atoms with van der Waals surface area (Å²) in [7, 11) is 0. The van der Waals surface area contributed by atoms with Crippen LogP contribution in [0.4, 0.5) is 5.69 Å². The molecule has 0 aromatic carbocycles. The molecular weight excluding hydrogens is 250 g/mol. The van der Waals surface area contributed by atoms with E-state index in [2.05, 4.69) is 4.98 Å². The fourth-order valence-electron chi connectivity index (χ4n) is 2.18. The van der Waals surface area contributed by atoms with Crippen LogP contribution in [0.25, 0.3) is 0 Å². The second-order valence-corrected chi connectivity index (χ2v) is 4.56. The van der Waals surface area contributed by atoms with Gasteiger partial charge in [-0.05, 0) is 12.8 Å². The molecule has 0 saturated carbocycles. The normalized spacial score (nSPS) is 15.9. The quantitative estimate of drug-likeness (QED) is 0.643. The fraction of sp³-hybridized carbons (Fsp3) is 0.500. The smallest absolute Gasteiger partial charge is 0.286 e. The molecule has 1 saturated heterocycles. The van der Waals surface area contributed by atoms with Crippen molar-refractivity contribution >= 4 is 11.6 Å². The summed E-state index contributed by atoms with van der Waals surface area (Å²) in [5, 5.41) is 10.7. The summed E-state index contributed by atoms with van der Waals surface area (Å²) < 4.78 is 0. The van der Waals surface area contributed by atoms with Crippen molar-refractivity contribution in [3.8, 4) is 0 Å². The van der Waals surface area contributed by atoms with E-state index in [0.29, 0.717) is 13.1 Å². The molecule has 0 radical (unpaired) electrons. The van der Waals surface area contributed by atoms with Crippen molar-refractivity contribution < 1.29 is 9.72 Å². The number of nitro groups is 1. The summed E-state index contributed by atoms with van der Waals surface area (Å²) >= 11 is 0. The highest BCUT2D eigenvalue weighted by Crippen LogP contribution is 2.14. The van der Waals surface area contributed by atoms with E-state index in [1.165, 1.54) is 0 Å². The number of nitrogens with zero attached hydrogens (tertiary/aromatic N) is 2. The molecule has 1 aliphatic rings. The molecule has 19 heavy (non-hydrogen) atoms. The van der Waals surface area contributed by atoms with E-state index < -0.39 is 16.4 Å². The van der Waals surface area contributed by atoms with Crippen LogP contribution in [0.2, 0.25) is 0 Å². The van der Waals surface area contributed by atoms with E-state index in [1.807, 2.05) is 0 Å². The standard InChI is InChI=1S/C12H15N3O4/c16-11-10(7-9(8-13-11)15(18)19)12(17)14-5-3-1-2-4-6-14/h7-8H,1-6H2,(H,13,16). The predicted octanol–water partition coefficient (Wildman–Crippen LogP) is 1.30. The number of hydrogen-bond donors (Lipinski definition) is 1. The van der Waals surface area contributed by atoms with E-state index in [0.717, 1.165) is 37.9 Å². The van der Waals surface area contributed by atoms with Gasteiger partial charge in [0.2, 0.25) is 0 Å². The zero-order valence-corrected chi connectivity index (χ0v) is 10.4. The van der Waals surface area contributed by atoms with Gasteiger partial charge in [0.1, 0.15) is 5.56 Å². The Hall–Kier alpha value is -2.18. The fourth-order valence-corrected chi connectivity index (χ4v) is 2.18. The van der Waals surface area contributed by atoms with Gasteiger partial charge in [0.05, 0.1) is 11.1 Å². The summed E-state index contributed by atoms with van der Waals surface area (Å²) in [6, 6.07) is 1.05. The number of hydrogen-bond acceptors (Lipinski definition) is 4. The molecule has 1 aromatic heterocycles. The molecule has 1 aromatic rings. The van der Waals surface area contributed by atoms with Crippen molar-refractivity contribution in [3.05, 3.63) is 38.3 Å². The van der Waals surface area contributed by atoms with Crippen LogP contribution in [0.15, 0.2) is 17.1 Å². The van der Waals surface area contributed by atoms with E-state index in [1.54, 1.807) is 4.90 Å². The van der Waals surface area contributed by atoms with Gasteiger partial charge in [0.25, 0.3) is 17.2 Å². The summed E-state index contributed by atoms with van der Waals surface area (Å²) in [6.07, 6.45) is 4.93. The van der Waals surface area contributed by atoms with Crippen molar-refractivity contribution in [2.75, 3.05) is 13.1 Å². The Labute approximate surface area is 109 Å². The lowest BCUT2D eigenvalue weighted by Gasteiger charge is -2.19. The number of carbonyl (C=O) groups is 1. The lowest BCUT2D eigenvalue weighted by atomic mass is 10.2. The van der Waals surface area contributed by atoms with Crippen molar-refractivity contribution in [1.82, 2.24) is 9.88 Å². The number of aromatic amines is 1. The number of carbonyl (C=O) groups excluding carboxylic acids is 1. The molecule has 2 heterocycles. The Bertz CT molecular complexity index is 544. The first-order valence-corrected chi connectivity index (χ1v) is 6.26. The highest BCUT2D eigenvalue weighted by atomic mass is 16.6. The molecule has 1 N–H and O–H groups in total. The SMILES string of the molecule is O=C(c1cc([N+](=O)[O-])c[nH]c1=O)N1CCCCCC1. The Balaban J connectivity index is 2.29. The van der Waals surface area contributed by atoms with Gasteiger partial charge in [-0.2, -0.15) is 0 Å². The maximum Gasteiger partial charge on any atom is 0.286 e. The molecule has 0 unspecified atom stereocenters. The van der Waals surface area contributed by atoms with Crippen LogP contribution < -0.4 is 5.56 Å². The monoisotopic (exact) mass is 265 g/mol. The second kappa shape index (κ2) is 5.64. The van der Waals surface area contributed by atoms with Crippen LogP contribution in [0.1, 0.15) is 36.0 Å². The largest absolute Gasteiger partial charge is 0.338 e. The Kier molecular flexibility index (Phi) is 3.94. The number of rotatable bonds is 2. The zero-order chi connectivity index (χ0) is 13.8. The molecule has 0 spiro atoms. The summed E-state index contributed by atoms with van der Waals surface area (Å²) in [4.78, 5) is 37.8. The van der Waals surface area contributed by atoms with E-state index >= 15 is 0 Å². The number of likely N-dealkylation sites (tertiary alicyclic amines) is 1. The van der Waals surface area contributed by atoms with Crippen LogP contribution >= 0.6 is 0 Å². The Morgan fingerprint density at radius 2 is 1.89 bits per heavy atom. The van der Waals surface area contributed by atoms with Gasteiger partial charge in [-0.25, -0.2) is 0 Å². The van der Waals surface area contributed by atoms with Crippen molar-refractivity contribution in [2.24, 2.45) is 0 Å². The van der Waals surface area contributed by atoms with Gasteiger partial charge in [-0.1, -0.05) is 12.8 Å². The van der Waals surface area contributed by atoms with Crippen molar-refractivity contribution in [3.63, 3.8) is 0 Å². The summed E-state index contributed by atoms with van der Waals surface area (Å²) in [5.74, 6) is -0.424. The summed E-state index contributed by atoms with van der Waals surface area (Å²) in [5.41, 5.74) is -1.02. The van der Waals surface area contributed by atoms with Gasteiger partial charge in [-0.15, -0.1) is 0 Å². The number of H-pyrrole nitrogens is 1. The number of nitrogens with one attached hydrogen (secondary N) is 1. The molecule has 2 rings (SSSR count). The lowest BCUT2D eigenvalue weighted by Crippen LogP contribution is -2.35. The molecule has 1 aliphatic heterocycles. The van der Waals surface area contributed by atoms with Crippen LogP contribution in [0, 0.1) is 10.1 Å². The van der Waals surface area contributed by atoms with Crippen LogP contribution in [-0.2, 0) is 0 Å². The van der Waals surface area contributed by atoms with Crippen LogP contribution in [-0.4, -0.2) is 33.8 Å². The first-order valence-electron chi connectivity index (χ1n) is 6.26. The molecule has 1 amide bonds. The maximum atomic E-state index is 12.2. The third kappa shape index (κ3) is 2.98. The average molecular weight is 265 g/mol. The van der Waals surface area contributed by atoms with E-state index in [9.17, 15) is 19.7 Å².